The molecule has 1 saturated heterocycles. The second-order valence-corrected chi connectivity index (χ2v) is 6.36. The van der Waals surface area contributed by atoms with E-state index >= 15 is 0 Å². The first-order valence-electron chi connectivity index (χ1n) is 8.36. The average molecular weight is 328 g/mol. The van der Waals surface area contributed by atoms with Crippen LogP contribution in [0.15, 0.2) is 28.8 Å². The number of amides is 1. The van der Waals surface area contributed by atoms with Crippen molar-refractivity contribution >= 4 is 5.91 Å². The lowest BCUT2D eigenvalue weighted by atomic mass is 10.0. The van der Waals surface area contributed by atoms with Crippen LogP contribution in [0.4, 0.5) is 0 Å². The van der Waals surface area contributed by atoms with Gasteiger partial charge in [-0.1, -0.05) is 5.16 Å². The molecule has 2 aliphatic rings. The number of hydrogen-bond donors (Lipinski definition) is 0. The maximum atomic E-state index is 12.5. The van der Waals surface area contributed by atoms with Crippen LogP contribution >= 0.6 is 0 Å². The molecule has 1 aromatic heterocycles. The highest BCUT2D eigenvalue weighted by Crippen LogP contribution is 2.36. The number of rotatable bonds is 3. The van der Waals surface area contributed by atoms with Gasteiger partial charge >= 0.3 is 0 Å². The van der Waals surface area contributed by atoms with Gasteiger partial charge in [-0.25, -0.2) is 0 Å². The van der Waals surface area contributed by atoms with E-state index in [1.807, 2.05) is 29.2 Å². The van der Waals surface area contributed by atoms with E-state index in [9.17, 15) is 4.79 Å². The zero-order chi connectivity index (χ0) is 16.5. The predicted molar refractivity (Wildman–Crippen MR) is 86.8 cm³/mol. The molecule has 6 heteroatoms. The first kappa shape index (κ1) is 15.1. The molecule has 3 heterocycles. The molecule has 2 aromatic rings. The Balaban J connectivity index is 1.47. The summed E-state index contributed by atoms with van der Waals surface area (Å²) in [6, 6.07) is 7.74. The number of carbonyl (C=O) groups excluding carboxylic acids is 1. The third kappa shape index (κ3) is 2.84. The zero-order valence-corrected chi connectivity index (χ0v) is 13.7. The molecule has 2 aliphatic heterocycles. The van der Waals surface area contributed by atoms with Crippen molar-refractivity contribution in [2.75, 3.05) is 13.3 Å². The Labute approximate surface area is 140 Å². The van der Waals surface area contributed by atoms with Gasteiger partial charge in [0.2, 0.25) is 12.7 Å². The average Bonchev–Trinajstić information content (AvgIpc) is 3.23. The highest BCUT2D eigenvalue weighted by Gasteiger charge is 2.24. The van der Waals surface area contributed by atoms with Gasteiger partial charge in [0, 0.05) is 24.2 Å². The van der Waals surface area contributed by atoms with Crippen LogP contribution < -0.4 is 9.47 Å². The highest BCUT2D eigenvalue weighted by atomic mass is 16.7. The predicted octanol–water partition coefficient (Wildman–Crippen LogP) is 3.01. The minimum Gasteiger partial charge on any atom is -0.454 e. The number of piperidine rings is 1. The Morgan fingerprint density at radius 1 is 1.25 bits per heavy atom. The number of nitrogens with zero attached hydrogens (tertiary/aromatic N) is 2. The second kappa shape index (κ2) is 6.19. The Morgan fingerprint density at radius 3 is 3.00 bits per heavy atom. The standard InChI is InChI=1S/C18H20N2O4/c1-12-4-2-3-7-20(12)18(21)10-14-9-16(24-19-14)13-5-6-15-17(8-13)23-11-22-15/h5-6,8-9,12H,2-4,7,10-11H2,1H3/t12-/m1/s1. The topological polar surface area (TPSA) is 64.8 Å². The lowest BCUT2D eigenvalue weighted by Gasteiger charge is -2.33. The fourth-order valence-corrected chi connectivity index (χ4v) is 3.31. The minimum absolute atomic E-state index is 0.118. The maximum Gasteiger partial charge on any atom is 0.231 e. The van der Waals surface area contributed by atoms with Crippen LogP contribution in [0.25, 0.3) is 11.3 Å². The molecule has 0 spiro atoms. The first-order valence-corrected chi connectivity index (χ1v) is 8.36. The number of aromatic nitrogens is 1. The SMILES string of the molecule is C[C@@H]1CCCCN1C(=O)Cc1cc(-c2ccc3c(c2)OCO3)on1. The van der Waals surface area contributed by atoms with E-state index in [1.54, 1.807) is 0 Å². The fourth-order valence-electron chi connectivity index (χ4n) is 3.31. The lowest BCUT2D eigenvalue weighted by molar-refractivity contribution is -0.133. The third-order valence-corrected chi connectivity index (χ3v) is 4.67. The molecular formula is C18H20N2O4. The summed E-state index contributed by atoms with van der Waals surface area (Å²) in [5, 5.41) is 4.05. The summed E-state index contributed by atoms with van der Waals surface area (Å²) in [6.45, 7) is 3.19. The Hall–Kier alpha value is -2.50. The number of carbonyl (C=O) groups is 1. The van der Waals surface area contributed by atoms with E-state index in [1.165, 1.54) is 6.42 Å². The molecule has 0 bridgehead atoms. The van der Waals surface area contributed by atoms with Crippen molar-refractivity contribution in [2.45, 2.75) is 38.6 Å². The van der Waals surface area contributed by atoms with Crippen molar-refractivity contribution in [2.24, 2.45) is 0 Å². The summed E-state index contributed by atoms with van der Waals surface area (Å²) in [6.07, 6.45) is 3.63. The van der Waals surface area contributed by atoms with E-state index in [0.29, 0.717) is 23.2 Å². The molecular weight excluding hydrogens is 308 g/mol. The number of likely N-dealkylation sites (tertiary alicyclic amines) is 1. The molecule has 0 unspecified atom stereocenters. The van der Waals surface area contributed by atoms with Gasteiger partial charge in [-0.2, -0.15) is 0 Å². The smallest absolute Gasteiger partial charge is 0.231 e. The van der Waals surface area contributed by atoms with Gasteiger partial charge in [0.25, 0.3) is 0 Å². The zero-order valence-electron chi connectivity index (χ0n) is 13.7. The van der Waals surface area contributed by atoms with Gasteiger partial charge in [-0.05, 0) is 44.4 Å². The lowest BCUT2D eigenvalue weighted by Crippen LogP contribution is -2.42. The molecule has 126 valence electrons. The van der Waals surface area contributed by atoms with Crippen molar-refractivity contribution < 1.29 is 18.8 Å². The number of benzene rings is 1. The quantitative estimate of drug-likeness (QED) is 0.866. The van der Waals surface area contributed by atoms with Crippen LogP contribution in [-0.4, -0.2) is 35.3 Å². The summed E-state index contributed by atoms with van der Waals surface area (Å²) in [5.41, 5.74) is 1.52. The molecule has 4 rings (SSSR count). The summed E-state index contributed by atoms with van der Waals surface area (Å²) in [5.74, 6) is 2.17. The molecule has 0 saturated carbocycles. The number of fused-ring (bicyclic) bond motifs is 1. The van der Waals surface area contributed by atoms with Crippen LogP contribution in [-0.2, 0) is 11.2 Å². The maximum absolute atomic E-state index is 12.5. The van der Waals surface area contributed by atoms with Gasteiger partial charge in [0.1, 0.15) is 0 Å². The van der Waals surface area contributed by atoms with E-state index in [-0.39, 0.29) is 19.1 Å². The van der Waals surface area contributed by atoms with Crippen molar-refractivity contribution in [1.29, 1.82) is 0 Å². The number of hydrogen-bond acceptors (Lipinski definition) is 5. The molecule has 6 nitrogen and oxygen atoms in total. The molecule has 24 heavy (non-hydrogen) atoms. The first-order chi connectivity index (χ1) is 11.7. The van der Waals surface area contributed by atoms with Crippen molar-refractivity contribution in [3.05, 3.63) is 30.0 Å². The van der Waals surface area contributed by atoms with Crippen molar-refractivity contribution in [3.63, 3.8) is 0 Å². The highest BCUT2D eigenvalue weighted by molar-refractivity contribution is 5.79. The van der Waals surface area contributed by atoms with Crippen LogP contribution in [0.3, 0.4) is 0 Å². The van der Waals surface area contributed by atoms with Gasteiger partial charge in [-0.3, -0.25) is 4.79 Å². The number of ether oxygens (including phenoxy) is 2. The molecule has 1 atom stereocenters. The van der Waals surface area contributed by atoms with Gasteiger partial charge in [0.15, 0.2) is 17.3 Å². The third-order valence-electron chi connectivity index (χ3n) is 4.67. The van der Waals surface area contributed by atoms with E-state index in [4.69, 9.17) is 14.0 Å². The molecule has 0 aliphatic carbocycles. The normalized spacial score (nSPS) is 19.5. The Bertz CT molecular complexity index is 755. The van der Waals surface area contributed by atoms with Crippen LogP contribution in [0.1, 0.15) is 31.9 Å². The molecule has 0 N–H and O–H groups in total. The van der Waals surface area contributed by atoms with E-state index in [2.05, 4.69) is 12.1 Å². The van der Waals surface area contributed by atoms with E-state index < -0.39 is 0 Å². The Kier molecular flexibility index (Phi) is 3.88. The van der Waals surface area contributed by atoms with Gasteiger partial charge in [-0.15, -0.1) is 0 Å². The summed E-state index contributed by atoms with van der Waals surface area (Å²) < 4.78 is 16.1. The monoisotopic (exact) mass is 328 g/mol. The Morgan fingerprint density at radius 2 is 2.12 bits per heavy atom. The molecule has 1 aromatic carbocycles. The summed E-state index contributed by atoms with van der Waals surface area (Å²) >= 11 is 0. The van der Waals surface area contributed by atoms with Gasteiger partial charge < -0.3 is 18.9 Å². The minimum atomic E-state index is 0.118. The van der Waals surface area contributed by atoms with Crippen molar-refractivity contribution in [1.82, 2.24) is 10.1 Å². The fraction of sp³-hybridized carbons (Fsp3) is 0.444. The van der Waals surface area contributed by atoms with Crippen LogP contribution in [0, 0.1) is 0 Å². The van der Waals surface area contributed by atoms with Crippen LogP contribution in [0.2, 0.25) is 0 Å². The van der Waals surface area contributed by atoms with E-state index in [0.717, 1.165) is 30.7 Å². The molecule has 1 amide bonds. The second-order valence-electron chi connectivity index (χ2n) is 6.36. The summed E-state index contributed by atoms with van der Waals surface area (Å²) in [7, 11) is 0. The largest absolute Gasteiger partial charge is 0.454 e. The van der Waals surface area contributed by atoms with Crippen LogP contribution in [0.5, 0.6) is 11.5 Å². The molecule has 1 fully saturated rings. The summed E-state index contributed by atoms with van der Waals surface area (Å²) in [4.78, 5) is 14.4. The van der Waals surface area contributed by atoms with Gasteiger partial charge in [0.05, 0.1) is 12.1 Å². The molecule has 0 radical (unpaired) electrons. The van der Waals surface area contributed by atoms with Crippen molar-refractivity contribution in [3.8, 4) is 22.8 Å².